The Hall–Kier alpha value is -2.44. The minimum absolute atomic E-state index is 0.00301. The standard InChI is InChI=1S/C13H7F4NO2/c14-11-5-8(7-19)6-18-12(11)20-10-3-1-9(2-4-10)13(15,16)17/h1-7H. The van der Waals surface area contributed by atoms with Gasteiger partial charge in [-0.05, 0) is 30.3 Å². The Morgan fingerprint density at radius 2 is 1.80 bits per heavy atom. The number of ether oxygens (including phenoxy) is 1. The van der Waals surface area contributed by atoms with E-state index in [9.17, 15) is 22.4 Å². The van der Waals surface area contributed by atoms with Crippen LogP contribution in [0.4, 0.5) is 17.6 Å². The first-order chi connectivity index (χ1) is 9.40. The van der Waals surface area contributed by atoms with Gasteiger partial charge in [0.15, 0.2) is 12.1 Å². The van der Waals surface area contributed by atoms with Crippen LogP contribution < -0.4 is 4.74 Å². The van der Waals surface area contributed by atoms with E-state index in [0.717, 1.165) is 36.5 Å². The number of halogens is 4. The predicted molar refractivity (Wildman–Crippen MR) is 61.1 cm³/mol. The van der Waals surface area contributed by atoms with Crippen LogP contribution in [-0.2, 0) is 6.18 Å². The van der Waals surface area contributed by atoms with E-state index in [1.54, 1.807) is 0 Å². The summed E-state index contributed by atoms with van der Waals surface area (Å²) in [6, 6.07) is 4.65. The first kappa shape index (κ1) is 14.0. The number of hydrogen-bond acceptors (Lipinski definition) is 3. The van der Waals surface area contributed by atoms with Crippen LogP contribution >= 0.6 is 0 Å². The number of nitrogens with zero attached hydrogens (tertiary/aromatic N) is 1. The second kappa shape index (κ2) is 5.28. The van der Waals surface area contributed by atoms with Gasteiger partial charge in [-0.2, -0.15) is 13.2 Å². The molecule has 1 aromatic carbocycles. The lowest BCUT2D eigenvalue weighted by molar-refractivity contribution is -0.137. The van der Waals surface area contributed by atoms with Crippen LogP contribution in [0.5, 0.6) is 11.6 Å². The van der Waals surface area contributed by atoms with Crippen molar-refractivity contribution in [2.45, 2.75) is 6.18 Å². The second-order valence-electron chi connectivity index (χ2n) is 3.80. The van der Waals surface area contributed by atoms with Gasteiger partial charge >= 0.3 is 6.18 Å². The van der Waals surface area contributed by atoms with E-state index in [-0.39, 0.29) is 11.3 Å². The summed E-state index contributed by atoms with van der Waals surface area (Å²) in [4.78, 5) is 14.0. The van der Waals surface area contributed by atoms with E-state index in [1.165, 1.54) is 0 Å². The Kier molecular flexibility index (Phi) is 3.69. The third kappa shape index (κ3) is 3.11. The zero-order chi connectivity index (χ0) is 14.8. The van der Waals surface area contributed by atoms with Gasteiger partial charge in [-0.25, -0.2) is 9.37 Å². The normalized spacial score (nSPS) is 11.2. The highest BCUT2D eigenvalue weighted by atomic mass is 19.4. The highest BCUT2D eigenvalue weighted by Crippen LogP contribution is 2.31. The number of benzene rings is 1. The zero-order valence-corrected chi connectivity index (χ0v) is 9.82. The molecular weight excluding hydrogens is 278 g/mol. The van der Waals surface area contributed by atoms with Crippen LogP contribution in [0.1, 0.15) is 15.9 Å². The van der Waals surface area contributed by atoms with E-state index in [0.29, 0.717) is 6.29 Å². The molecular formula is C13H7F4NO2. The van der Waals surface area contributed by atoms with Gasteiger partial charge in [-0.1, -0.05) is 0 Å². The molecule has 1 heterocycles. The molecule has 0 fully saturated rings. The van der Waals surface area contributed by atoms with Crippen LogP contribution in [0, 0.1) is 5.82 Å². The third-order valence-electron chi connectivity index (χ3n) is 2.36. The average Bonchev–Trinajstić information content (AvgIpc) is 2.40. The molecule has 1 aromatic heterocycles. The van der Waals surface area contributed by atoms with Crippen molar-refractivity contribution in [3.8, 4) is 11.6 Å². The van der Waals surface area contributed by atoms with E-state index in [4.69, 9.17) is 4.74 Å². The van der Waals surface area contributed by atoms with E-state index < -0.39 is 23.4 Å². The van der Waals surface area contributed by atoms with Crippen molar-refractivity contribution < 1.29 is 27.1 Å². The van der Waals surface area contributed by atoms with Crippen molar-refractivity contribution in [3.05, 3.63) is 53.5 Å². The maximum Gasteiger partial charge on any atom is 0.416 e. The van der Waals surface area contributed by atoms with Crippen LogP contribution in [0.25, 0.3) is 0 Å². The van der Waals surface area contributed by atoms with Crippen LogP contribution in [0.2, 0.25) is 0 Å². The summed E-state index contributed by atoms with van der Waals surface area (Å²) in [5, 5.41) is 0. The fraction of sp³-hybridized carbons (Fsp3) is 0.0769. The van der Waals surface area contributed by atoms with Crippen molar-refractivity contribution in [2.24, 2.45) is 0 Å². The van der Waals surface area contributed by atoms with E-state index in [1.807, 2.05) is 0 Å². The first-order valence-corrected chi connectivity index (χ1v) is 5.36. The summed E-state index contributed by atoms with van der Waals surface area (Å²) in [6.45, 7) is 0. The Labute approximate surface area is 110 Å². The molecule has 104 valence electrons. The predicted octanol–water partition coefficient (Wildman–Crippen LogP) is 3.84. The maximum absolute atomic E-state index is 13.5. The summed E-state index contributed by atoms with van der Waals surface area (Å²) >= 11 is 0. The van der Waals surface area contributed by atoms with Crippen molar-refractivity contribution in [3.63, 3.8) is 0 Å². The van der Waals surface area contributed by atoms with Gasteiger partial charge in [-0.3, -0.25) is 4.79 Å². The van der Waals surface area contributed by atoms with E-state index >= 15 is 0 Å². The fourth-order valence-corrected chi connectivity index (χ4v) is 1.40. The van der Waals surface area contributed by atoms with Gasteiger partial charge in [0.05, 0.1) is 5.56 Å². The molecule has 0 radical (unpaired) electrons. The maximum atomic E-state index is 13.5. The van der Waals surface area contributed by atoms with Crippen molar-refractivity contribution in [1.82, 2.24) is 4.98 Å². The molecule has 2 rings (SSSR count). The second-order valence-corrected chi connectivity index (χ2v) is 3.80. The van der Waals surface area contributed by atoms with Gasteiger partial charge in [0.2, 0.25) is 0 Å². The highest BCUT2D eigenvalue weighted by molar-refractivity contribution is 5.74. The minimum Gasteiger partial charge on any atom is -0.436 e. The van der Waals surface area contributed by atoms with Gasteiger partial charge in [-0.15, -0.1) is 0 Å². The number of aldehydes is 1. The Bertz CT molecular complexity index is 623. The molecule has 20 heavy (non-hydrogen) atoms. The fourth-order valence-electron chi connectivity index (χ4n) is 1.40. The zero-order valence-electron chi connectivity index (χ0n) is 9.82. The van der Waals surface area contributed by atoms with Crippen molar-refractivity contribution in [2.75, 3.05) is 0 Å². The molecule has 0 N–H and O–H groups in total. The van der Waals surface area contributed by atoms with Crippen molar-refractivity contribution in [1.29, 1.82) is 0 Å². The van der Waals surface area contributed by atoms with Crippen LogP contribution in [0.3, 0.4) is 0 Å². The lowest BCUT2D eigenvalue weighted by Crippen LogP contribution is -2.04. The number of rotatable bonds is 3. The molecule has 0 saturated carbocycles. The number of carbonyl (C=O) groups excluding carboxylic acids is 1. The average molecular weight is 285 g/mol. The van der Waals surface area contributed by atoms with Crippen LogP contribution in [-0.4, -0.2) is 11.3 Å². The van der Waals surface area contributed by atoms with Gasteiger partial charge in [0.25, 0.3) is 5.88 Å². The summed E-state index contributed by atoms with van der Waals surface area (Å²) < 4.78 is 55.5. The molecule has 0 atom stereocenters. The Morgan fingerprint density at radius 1 is 1.15 bits per heavy atom. The third-order valence-corrected chi connectivity index (χ3v) is 2.36. The number of pyridine rings is 1. The lowest BCUT2D eigenvalue weighted by atomic mass is 10.2. The quantitative estimate of drug-likeness (QED) is 0.635. The summed E-state index contributed by atoms with van der Waals surface area (Å²) in [5.74, 6) is -1.30. The first-order valence-electron chi connectivity index (χ1n) is 5.36. The lowest BCUT2D eigenvalue weighted by Gasteiger charge is -2.08. The number of carbonyl (C=O) groups is 1. The number of hydrogen-bond donors (Lipinski definition) is 0. The molecule has 0 spiro atoms. The minimum atomic E-state index is -4.45. The Morgan fingerprint density at radius 3 is 2.30 bits per heavy atom. The topological polar surface area (TPSA) is 39.2 Å². The van der Waals surface area contributed by atoms with Crippen LogP contribution in [0.15, 0.2) is 36.5 Å². The highest BCUT2D eigenvalue weighted by Gasteiger charge is 2.30. The number of alkyl halides is 3. The monoisotopic (exact) mass is 285 g/mol. The molecule has 2 aromatic rings. The summed E-state index contributed by atoms with van der Waals surface area (Å²) in [7, 11) is 0. The largest absolute Gasteiger partial charge is 0.436 e. The van der Waals surface area contributed by atoms with Gasteiger partial charge < -0.3 is 4.74 Å². The summed E-state index contributed by atoms with van der Waals surface area (Å²) in [5.41, 5.74) is -0.808. The summed E-state index contributed by atoms with van der Waals surface area (Å²) in [6.07, 6.45) is -2.94. The van der Waals surface area contributed by atoms with Gasteiger partial charge in [0.1, 0.15) is 5.75 Å². The molecule has 7 heteroatoms. The molecule has 0 aliphatic carbocycles. The smallest absolute Gasteiger partial charge is 0.416 e. The van der Waals surface area contributed by atoms with E-state index in [2.05, 4.69) is 4.98 Å². The molecule has 0 bridgehead atoms. The Balaban J connectivity index is 2.20. The molecule has 3 nitrogen and oxygen atoms in total. The molecule has 0 aliphatic heterocycles. The van der Waals surface area contributed by atoms with Crippen molar-refractivity contribution >= 4 is 6.29 Å². The molecule has 0 aliphatic rings. The molecule has 0 amide bonds. The SMILES string of the molecule is O=Cc1cnc(Oc2ccc(C(F)(F)F)cc2)c(F)c1. The molecule has 0 saturated heterocycles. The molecule has 0 unspecified atom stereocenters. The number of aromatic nitrogens is 1. The van der Waals surface area contributed by atoms with Gasteiger partial charge in [0, 0.05) is 11.8 Å².